The van der Waals surface area contributed by atoms with E-state index in [2.05, 4.69) is 4.98 Å². The third-order valence-electron chi connectivity index (χ3n) is 6.24. The molecule has 34 heavy (non-hydrogen) atoms. The summed E-state index contributed by atoms with van der Waals surface area (Å²) in [5.41, 5.74) is 6.20. The lowest BCUT2D eigenvalue weighted by molar-refractivity contribution is -0.111. The van der Waals surface area contributed by atoms with Gasteiger partial charge in [-0.2, -0.15) is 0 Å². The molecule has 4 rings (SSSR count). The maximum atomic E-state index is 13.8. The Morgan fingerprint density at radius 1 is 1.21 bits per heavy atom. The summed E-state index contributed by atoms with van der Waals surface area (Å²) in [6.07, 6.45) is 2.94. The van der Waals surface area contributed by atoms with Crippen molar-refractivity contribution in [2.24, 2.45) is 11.7 Å². The van der Waals surface area contributed by atoms with Crippen molar-refractivity contribution in [3.05, 3.63) is 59.5 Å². The first-order valence-electron chi connectivity index (χ1n) is 13.7. The molecule has 0 spiro atoms. The highest BCUT2D eigenvalue weighted by Crippen LogP contribution is 2.38. The van der Waals surface area contributed by atoms with Crippen molar-refractivity contribution in [3.63, 3.8) is 0 Å². The first kappa shape index (κ1) is 17.0. The van der Waals surface area contributed by atoms with Crippen LogP contribution in [0, 0.1) is 5.92 Å². The van der Waals surface area contributed by atoms with E-state index in [4.69, 9.17) is 14.0 Å². The van der Waals surface area contributed by atoms with Gasteiger partial charge in [0, 0.05) is 62.4 Å². The smallest absolute Gasteiger partial charge is 0.335 e. The number of Topliss-reactive ketones (excluding diaryl/α,β-unsaturated/α-hetero) is 1. The minimum Gasteiger partial charge on any atom is -0.478 e. The average molecular weight is 474 g/mol. The van der Waals surface area contributed by atoms with Crippen molar-refractivity contribution >= 4 is 28.4 Å². The Kier molecular flexibility index (Phi) is 4.49. The third-order valence-corrected chi connectivity index (χ3v) is 6.24. The first-order valence-corrected chi connectivity index (χ1v) is 10.7. The summed E-state index contributed by atoms with van der Waals surface area (Å²) >= 11 is 0. The fourth-order valence-corrected chi connectivity index (χ4v) is 4.43. The molecular weight excluding hydrogens is 440 g/mol. The number of carbonyl (C=O) groups is 2. The molecule has 1 aliphatic rings. The average Bonchev–Trinajstić information content (AvgIpc) is 3.22. The molecule has 0 atom stereocenters. The number of aromatic nitrogens is 2. The Hall–Kier alpha value is -3.55. The molecule has 178 valence electrons. The number of allylic oxidation sites excluding steroid dienone is 2. The molecule has 1 fully saturated rings. The lowest BCUT2D eigenvalue weighted by Gasteiger charge is -2.28. The number of halogens is 2. The number of hydrogen-bond donors (Lipinski definition) is 2. The number of hydrogen-bond acceptors (Lipinski definition) is 4. The van der Waals surface area contributed by atoms with Gasteiger partial charge >= 0.3 is 5.97 Å². The number of carboxylic acid groups (broad SMARTS) is 1. The second-order valence-electron chi connectivity index (χ2n) is 8.59. The van der Waals surface area contributed by atoms with Gasteiger partial charge in [0.15, 0.2) is 5.78 Å². The summed E-state index contributed by atoms with van der Waals surface area (Å²) in [5.74, 6) is -5.37. The van der Waals surface area contributed by atoms with Crippen LogP contribution in [0.15, 0.2) is 48.4 Å². The number of aromatic carboxylic acids is 1. The van der Waals surface area contributed by atoms with Gasteiger partial charge < -0.3 is 15.4 Å². The summed E-state index contributed by atoms with van der Waals surface area (Å²) in [6, 6.07) is 7.45. The van der Waals surface area contributed by atoms with E-state index < -0.39 is 42.6 Å². The lowest BCUT2D eigenvalue weighted by atomic mass is 9.87. The summed E-state index contributed by atoms with van der Waals surface area (Å²) in [4.78, 5) is 28.6. The number of nitrogens with two attached hydrogens (primary N) is 1. The Labute approximate surface area is 204 Å². The van der Waals surface area contributed by atoms with Crippen LogP contribution in [-0.2, 0) is 11.3 Å². The summed E-state index contributed by atoms with van der Waals surface area (Å²) in [7, 11) is 0. The fraction of sp³-hybridized carbons (Fsp3) is 0.346. The molecule has 2 aromatic heterocycles. The first-order chi connectivity index (χ1) is 18.5. The van der Waals surface area contributed by atoms with Gasteiger partial charge in [-0.05, 0) is 56.2 Å². The van der Waals surface area contributed by atoms with Gasteiger partial charge in [-0.15, -0.1) is 0 Å². The molecular formula is C26H27F2N3O3. The molecule has 2 heterocycles. The molecule has 0 radical (unpaired) electrons. The fourth-order valence-electron chi connectivity index (χ4n) is 4.43. The second kappa shape index (κ2) is 9.00. The number of fused-ring (bicyclic) bond motifs is 1. The van der Waals surface area contributed by atoms with E-state index in [1.54, 1.807) is 22.9 Å². The van der Waals surface area contributed by atoms with Gasteiger partial charge in [0.05, 0.1) is 16.6 Å². The zero-order valence-corrected chi connectivity index (χ0v) is 18.1. The predicted molar refractivity (Wildman–Crippen MR) is 126 cm³/mol. The maximum Gasteiger partial charge on any atom is 0.335 e. The van der Waals surface area contributed by atoms with Crippen LogP contribution in [0.4, 0.5) is 8.78 Å². The zero-order chi connectivity index (χ0) is 29.6. The van der Waals surface area contributed by atoms with Gasteiger partial charge in [-0.1, -0.05) is 12.1 Å². The Balaban J connectivity index is 1.89. The number of carbonyl (C=O) groups excluding carboxylic acids is 1. The molecule has 6 nitrogen and oxygen atoms in total. The largest absolute Gasteiger partial charge is 0.478 e. The van der Waals surface area contributed by atoms with Crippen LogP contribution in [0.2, 0.25) is 0 Å². The van der Waals surface area contributed by atoms with Crippen LogP contribution >= 0.6 is 0 Å². The summed E-state index contributed by atoms with van der Waals surface area (Å²) in [5, 5.41) is 9.24. The van der Waals surface area contributed by atoms with Crippen molar-refractivity contribution in [3.8, 4) is 11.1 Å². The molecule has 0 aliphatic heterocycles. The van der Waals surface area contributed by atoms with Crippen molar-refractivity contribution in [2.45, 2.75) is 51.9 Å². The van der Waals surface area contributed by atoms with E-state index in [0.717, 1.165) is 0 Å². The molecule has 1 saturated carbocycles. The van der Waals surface area contributed by atoms with E-state index in [-0.39, 0.29) is 42.7 Å². The minimum absolute atomic E-state index is 0.0731. The molecule has 0 saturated heterocycles. The highest BCUT2D eigenvalue weighted by Gasteiger charge is 2.35. The van der Waals surface area contributed by atoms with E-state index >= 15 is 0 Å². The SMILES string of the molecule is [2H]C([2H])([2H])C(=O)C(=C(N)C([2H])([2H])[2H])c1cnc2c(-c3ccc(C(=O)O)cc3)cn(CC3CCC(F)(F)CC3)c2c1. The van der Waals surface area contributed by atoms with E-state index in [9.17, 15) is 23.5 Å². The number of rotatable bonds is 6. The molecule has 0 unspecified atom stereocenters. The second-order valence-corrected chi connectivity index (χ2v) is 8.59. The zero-order valence-electron chi connectivity index (χ0n) is 24.1. The van der Waals surface area contributed by atoms with E-state index in [0.29, 0.717) is 28.7 Å². The Morgan fingerprint density at radius 2 is 1.91 bits per heavy atom. The van der Waals surface area contributed by atoms with Crippen LogP contribution in [0.3, 0.4) is 0 Å². The standard InChI is InChI=1S/C26H27F2N3O3/c1-15(29)23(16(2)32)20-11-22-24(30-12-20)21(18-3-5-19(6-4-18)25(33)34)14-31(22)13-17-7-9-26(27,28)10-8-17/h3-6,11-12,14,17H,7-10,13,29H2,1-2H3,(H,33,34)/i1D3,2D3. The monoisotopic (exact) mass is 473 g/mol. The number of ketones is 1. The molecule has 3 N–H and O–H groups in total. The van der Waals surface area contributed by atoms with Gasteiger partial charge in [0.2, 0.25) is 5.92 Å². The number of nitrogens with zero attached hydrogens (tertiary/aromatic N) is 2. The number of benzene rings is 1. The summed E-state index contributed by atoms with van der Waals surface area (Å²) in [6.45, 7) is -5.82. The Morgan fingerprint density at radius 3 is 2.53 bits per heavy atom. The highest BCUT2D eigenvalue weighted by molar-refractivity contribution is 6.20. The van der Waals surface area contributed by atoms with Crippen molar-refractivity contribution in [2.75, 3.05) is 0 Å². The summed E-state index contributed by atoms with van der Waals surface area (Å²) < 4.78 is 75.0. The maximum absolute atomic E-state index is 13.8. The quantitative estimate of drug-likeness (QED) is 0.460. The van der Waals surface area contributed by atoms with Crippen LogP contribution in [-0.4, -0.2) is 32.3 Å². The van der Waals surface area contributed by atoms with Gasteiger partial charge in [0.25, 0.3) is 0 Å². The van der Waals surface area contributed by atoms with Crippen LogP contribution < -0.4 is 5.73 Å². The molecule has 0 amide bonds. The van der Waals surface area contributed by atoms with Crippen LogP contribution in [0.25, 0.3) is 27.7 Å². The lowest BCUT2D eigenvalue weighted by Crippen LogP contribution is -2.26. The van der Waals surface area contributed by atoms with Crippen molar-refractivity contribution in [1.29, 1.82) is 0 Å². The molecule has 1 aromatic carbocycles. The Bertz CT molecular complexity index is 1480. The van der Waals surface area contributed by atoms with Crippen molar-refractivity contribution < 1.29 is 31.7 Å². The highest BCUT2D eigenvalue weighted by atomic mass is 19.3. The van der Waals surface area contributed by atoms with E-state index in [1.807, 2.05) is 0 Å². The van der Waals surface area contributed by atoms with Gasteiger partial charge in [-0.25, -0.2) is 13.6 Å². The predicted octanol–water partition coefficient (Wildman–Crippen LogP) is 5.51. The third kappa shape index (κ3) is 4.71. The van der Waals surface area contributed by atoms with E-state index in [1.165, 1.54) is 24.4 Å². The van der Waals surface area contributed by atoms with Crippen molar-refractivity contribution in [1.82, 2.24) is 9.55 Å². The minimum atomic E-state index is -3.17. The van der Waals surface area contributed by atoms with Crippen LogP contribution in [0.1, 0.15) is 63.5 Å². The topological polar surface area (TPSA) is 98.2 Å². The van der Waals surface area contributed by atoms with Crippen LogP contribution in [0.5, 0.6) is 0 Å². The number of carboxylic acids is 1. The molecule has 8 heteroatoms. The van der Waals surface area contributed by atoms with Gasteiger partial charge in [0.1, 0.15) is 0 Å². The number of pyridine rings is 1. The molecule has 0 bridgehead atoms. The normalized spacial score (nSPS) is 20.3. The molecule has 3 aromatic rings. The molecule has 1 aliphatic carbocycles. The number of alkyl halides is 2. The van der Waals surface area contributed by atoms with Gasteiger partial charge in [-0.3, -0.25) is 9.78 Å².